The zero-order valence-corrected chi connectivity index (χ0v) is 41.1. The summed E-state index contributed by atoms with van der Waals surface area (Å²) in [7, 11) is 0. The van der Waals surface area contributed by atoms with E-state index in [1.54, 1.807) is 0 Å². The lowest BCUT2D eigenvalue weighted by atomic mass is 10.1. The maximum Gasteiger partial charge on any atom is 0.306 e. The minimum atomic E-state index is -0.554. The van der Waals surface area contributed by atoms with Gasteiger partial charge in [-0.3, -0.25) is 9.59 Å². The second-order valence-electron chi connectivity index (χ2n) is 17.4. The van der Waals surface area contributed by atoms with Gasteiger partial charge in [0.25, 0.3) is 0 Å². The van der Waals surface area contributed by atoms with E-state index in [9.17, 15) is 9.59 Å². The standard InChI is InChI=1S/C57H100O5/c1-4-7-10-13-16-19-22-25-27-29-30-33-35-38-41-44-47-50-56(58)61-54-55(62-57(59)51-48-45-42-39-36-32-24-21-18-15-12-9-6-3)53-60-52-49-46-43-40-37-34-31-28-26-23-20-17-14-11-8-5-2/h12,15-17,19-21,24-28,55H,4-11,13-14,18,22-23,29-54H2,1-3H3/b15-12-,19-16-,20-17-,24-21-,27-25-,28-26-. The van der Waals surface area contributed by atoms with Crippen LogP contribution >= 0.6 is 0 Å². The molecule has 0 aromatic heterocycles. The average Bonchev–Trinajstić information content (AvgIpc) is 3.27. The number of allylic oxidation sites excluding steroid dienone is 12. The van der Waals surface area contributed by atoms with E-state index < -0.39 is 6.10 Å². The van der Waals surface area contributed by atoms with Crippen molar-refractivity contribution in [3.8, 4) is 0 Å². The third kappa shape index (κ3) is 50.0. The van der Waals surface area contributed by atoms with Crippen LogP contribution in [-0.4, -0.2) is 37.9 Å². The first-order chi connectivity index (χ1) is 30.6. The molecule has 0 rings (SSSR count). The Bertz CT molecular complexity index is 1110. The van der Waals surface area contributed by atoms with Crippen molar-refractivity contribution in [1.29, 1.82) is 0 Å². The summed E-state index contributed by atoms with van der Waals surface area (Å²) < 4.78 is 17.4. The fraction of sp³-hybridized carbons (Fsp3) is 0.754. The lowest BCUT2D eigenvalue weighted by molar-refractivity contribution is -0.163. The quantitative estimate of drug-likeness (QED) is 0.0346. The number of carbonyl (C=O) groups excluding carboxylic acids is 2. The zero-order valence-electron chi connectivity index (χ0n) is 41.1. The molecule has 0 bridgehead atoms. The molecule has 358 valence electrons. The van der Waals surface area contributed by atoms with Gasteiger partial charge in [0.2, 0.25) is 0 Å². The molecule has 0 N–H and O–H groups in total. The maximum atomic E-state index is 12.8. The lowest BCUT2D eigenvalue weighted by Gasteiger charge is -2.18. The van der Waals surface area contributed by atoms with Gasteiger partial charge in [-0.2, -0.15) is 0 Å². The van der Waals surface area contributed by atoms with E-state index in [0.29, 0.717) is 19.4 Å². The second kappa shape index (κ2) is 52.7. The number of hydrogen-bond donors (Lipinski definition) is 0. The van der Waals surface area contributed by atoms with Crippen molar-refractivity contribution in [2.45, 2.75) is 258 Å². The van der Waals surface area contributed by atoms with Gasteiger partial charge >= 0.3 is 11.9 Å². The molecular formula is C57H100O5. The highest BCUT2D eigenvalue weighted by atomic mass is 16.6. The second-order valence-corrected chi connectivity index (χ2v) is 17.4. The molecule has 0 spiro atoms. The first-order valence-corrected chi connectivity index (χ1v) is 26.5. The molecule has 0 aromatic carbocycles. The maximum absolute atomic E-state index is 12.8. The van der Waals surface area contributed by atoms with Crippen molar-refractivity contribution in [3.63, 3.8) is 0 Å². The summed E-state index contributed by atoms with van der Waals surface area (Å²) >= 11 is 0. The predicted molar refractivity (Wildman–Crippen MR) is 270 cm³/mol. The van der Waals surface area contributed by atoms with Gasteiger partial charge in [-0.05, 0) is 109 Å². The van der Waals surface area contributed by atoms with E-state index in [4.69, 9.17) is 14.2 Å². The summed E-state index contributed by atoms with van der Waals surface area (Å²) in [6.07, 6.45) is 67.6. The van der Waals surface area contributed by atoms with Crippen LogP contribution in [0.3, 0.4) is 0 Å². The molecule has 0 aliphatic rings. The molecule has 62 heavy (non-hydrogen) atoms. The first-order valence-electron chi connectivity index (χ1n) is 26.5. The minimum Gasteiger partial charge on any atom is -0.462 e. The molecule has 0 saturated carbocycles. The summed E-state index contributed by atoms with van der Waals surface area (Å²) in [5.41, 5.74) is 0. The fourth-order valence-electron chi connectivity index (χ4n) is 7.20. The van der Waals surface area contributed by atoms with Gasteiger partial charge in [0.05, 0.1) is 6.61 Å². The van der Waals surface area contributed by atoms with Crippen LogP contribution in [0.5, 0.6) is 0 Å². The number of ether oxygens (including phenoxy) is 3. The number of rotatable bonds is 48. The lowest BCUT2D eigenvalue weighted by Crippen LogP contribution is -2.30. The summed E-state index contributed by atoms with van der Waals surface area (Å²) in [4.78, 5) is 25.4. The number of carbonyl (C=O) groups is 2. The van der Waals surface area contributed by atoms with Crippen LogP contribution in [0.15, 0.2) is 72.9 Å². The average molecular weight is 865 g/mol. The van der Waals surface area contributed by atoms with Gasteiger partial charge in [-0.15, -0.1) is 0 Å². The van der Waals surface area contributed by atoms with E-state index in [1.165, 1.54) is 135 Å². The third-order valence-corrected chi connectivity index (χ3v) is 11.2. The minimum absolute atomic E-state index is 0.0693. The Hall–Kier alpha value is -2.66. The fourth-order valence-corrected chi connectivity index (χ4v) is 7.20. The summed E-state index contributed by atoms with van der Waals surface area (Å²) in [6, 6.07) is 0. The van der Waals surface area contributed by atoms with Gasteiger partial charge in [-0.25, -0.2) is 0 Å². The summed E-state index contributed by atoms with van der Waals surface area (Å²) in [5.74, 6) is -0.426. The van der Waals surface area contributed by atoms with Gasteiger partial charge < -0.3 is 14.2 Å². The molecule has 1 unspecified atom stereocenters. The Morgan fingerprint density at radius 3 is 1.13 bits per heavy atom. The van der Waals surface area contributed by atoms with Crippen LogP contribution in [0.4, 0.5) is 0 Å². The van der Waals surface area contributed by atoms with Gasteiger partial charge in [0, 0.05) is 19.4 Å². The van der Waals surface area contributed by atoms with Gasteiger partial charge in [0.15, 0.2) is 6.10 Å². The van der Waals surface area contributed by atoms with Crippen molar-refractivity contribution < 1.29 is 23.8 Å². The predicted octanol–water partition coefficient (Wildman–Crippen LogP) is 17.9. The Kier molecular flexibility index (Phi) is 50.4. The molecule has 0 fully saturated rings. The Labute approximate surface area is 385 Å². The topological polar surface area (TPSA) is 61.8 Å². The molecule has 0 aromatic rings. The molecular weight excluding hydrogens is 765 g/mol. The van der Waals surface area contributed by atoms with Crippen molar-refractivity contribution in [3.05, 3.63) is 72.9 Å². The normalized spacial score (nSPS) is 12.8. The number of unbranched alkanes of at least 4 members (excludes halogenated alkanes) is 25. The summed E-state index contributed by atoms with van der Waals surface area (Å²) in [6.45, 7) is 7.68. The smallest absolute Gasteiger partial charge is 0.306 e. The summed E-state index contributed by atoms with van der Waals surface area (Å²) in [5, 5.41) is 0. The SMILES string of the molecule is CCC/C=C\C/C=C\CCCCCCCC(=O)OC(COCCCCCCCC/C=C\C/C=C\CCCCC)COC(=O)CCCCCCCCC/C=C\C/C=C\CCCCC. The molecule has 0 aliphatic carbocycles. The van der Waals surface area contributed by atoms with Crippen molar-refractivity contribution in [1.82, 2.24) is 0 Å². The van der Waals surface area contributed by atoms with Crippen LogP contribution in [0.25, 0.3) is 0 Å². The van der Waals surface area contributed by atoms with E-state index in [-0.39, 0.29) is 25.2 Å². The van der Waals surface area contributed by atoms with Crippen molar-refractivity contribution in [2.75, 3.05) is 19.8 Å². The van der Waals surface area contributed by atoms with E-state index >= 15 is 0 Å². The van der Waals surface area contributed by atoms with Crippen LogP contribution in [0, 0.1) is 0 Å². The van der Waals surface area contributed by atoms with Crippen LogP contribution in [0.2, 0.25) is 0 Å². The van der Waals surface area contributed by atoms with Crippen LogP contribution in [-0.2, 0) is 23.8 Å². The van der Waals surface area contributed by atoms with E-state index in [0.717, 1.165) is 83.5 Å². The van der Waals surface area contributed by atoms with E-state index in [1.807, 2.05) is 0 Å². The molecule has 0 amide bonds. The number of hydrogen-bond acceptors (Lipinski definition) is 5. The Morgan fingerprint density at radius 2 is 0.710 bits per heavy atom. The Balaban J connectivity index is 4.31. The molecule has 0 aliphatic heterocycles. The molecule has 0 saturated heterocycles. The number of esters is 2. The highest BCUT2D eigenvalue weighted by molar-refractivity contribution is 5.70. The molecule has 5 nitrogen and oxygen atoms in total. The highest BCUT2D eigenvalue weighted by Crippen LogP contribution is 2.14. The van der Waals surface area contributed by atoms with Gasteiger partial charge in [-0.1, -0.05) is 203 Å². The van der Waals surface area contributed by atoms with Crippen molar-refractivity contribution >= 4 is 11.9 Å². The van der Waals surface area contributed by atoms with Crippen LogP contribution < -0.4 is 0 Å². The van der Waals surface area contributed by atoms with Gasteiger partial charge in [0.1, 0.15) is 6.61 Å². The highest BCUT2D eigenvalue weighted by Gasteiger charge is 2.17. The third-order valence-electron chi connectivity index (χ3n) is 11.2. The van der Waals surface area contributed by atoms with Crippen LogP contribution in [0.1, 0.15) is 252 Å². The van der Waals surface area contributed by atoms with E-state index in [2.05, 4.69) is 93.7 Å². The monoisotopic (exact) mass is 865 g/mol. The molecule has 5 heteroatoms. The first kappa shape index (κ1) is 59.3. The Morgan fingerprint density at radius 1 is 0.355 bits per heavy atom. The van der Waals surface area contributed by atoms with Crippen molar-refractivity contribution in [2.24, 2.45) is 0 Å². The molecule has 0 radical (unpaired) electrons. The largest absolute Gasteiger partial charge is 0.462 e. The molecule has 1 atom stereocenters. The molecule has 0 heterocycles. The zero-order chi connectivity index (χ0) is 44.9.